The topological polar surface area (TPSA) is 109 Å². The van der Waals surface area contributed by atoms with E-state index in [0.29, 0.717) is 69.5 Å². The molecule has 0 saturated heterocycles. The van der Waals surface area contributed by atoms with Gasteiger partial charge in [-0.05, 0) is 18.2 Å². The third-order valence-electron chi connectivity index (χ3n) is 3.02. The van der Waals surface area contributed by atoms with Gasteiger partial charge in [0.05, 0.1) is 51.0 Å². The number of hydrogen-bond donors (Lipinski definition) is 3. The van der Waals surface area contributed by atoms with Gasteiger partial charge in [-0.2, -0.15) is 0 Å². The number of amides is 1. The van der Waals surface area contributed by atoms with Gasteiger partial charge in [0.25, 0.3) is 5.91 Å². The van der Waals surface area contributed by atoms with Crippen LogP contribution in [0.3, 0.4) is 0 Å². The summed E-state index contributed by atoms with van der Waals surface area (Å²) in [5.74, 6) is 2.28. The summed E-state index contributed by atoms with van der Waals surface area (Å²) in [7, 11) is 0. The number of nitrogens with two attached hydrogens (primary N) is 2. The molecule has 1 aromatic carbocycles. The molecule has 0 spiro atoms. The SMILES string of the molecule is C#CCCOCCOCCOCCNC(=O)c1ccc(N)c(N)c1. The molecule has 0 aliphatic heterocycles. The van der Waals surface area contributed by atoms with E-state index in [9.17, 15) is 4.79 Å². The Labute approximate surface area is 142 Å². The third-order valence-corrected chi connectivity index (χ3v) is 3.02. The molecule has 1 aromatic rings. The van der Waals surface area contributed by atoms with Crippen molar-refractivity contribution in [3.63, 3.8) is 0 Å². The second-order valence-corrected chi connectivity index (χ2v) is 4.89. The molecule has 7 nitrogen and oxygen atoms in total. The van der Waals surface area contributed by atoms with E-state index < -0.39 is 0 Å². The van der Waals surface area contributed by atoms with Crippen LogP contribution in [-0.2, 0) is 14.2 Å². The standard InChI is InChI=1S/C17H25N3O4/c1-2-3-7-22-9-11-24-12-10-23-8-6-20-17(21)14-4-5-15(18)16(19)13-14/h1,4-5,13H,3,6-12,18-19H2,(H,20,21). The molecule has 7 heteroatoms. The number of nitrogen functional groups attached to an aromatic ring is 2. The minimum atomic E-state index is -0.217. The van der Waals surface area contributed by atoms with Crippen molar-refractivity contribution in [1.29, 1.82) is 0 Å². The molecule has 5 N–H and O–H groups in total. The predicted molar refractivity (Wildman–Crippen MR) is 93.5 cm³/mol. The monoisotopic (exact) mass is 335 g/mol. The molecule has 0 bridgehead atoms. The number of ether oxygens (including phenoxy) is 3. The molecule has 132 valence electrons. The lowest BCUT2D eigenvalue weighted by molar-refractivity contribution is 0.0162. The highest BCUT2D eigenvalue weighted by Gasteiger charge is 2.06. The Morgan fingerprint density at radius 3 is 2.25 bits per heavy atom. The van der Waals surface area contributed by atoms with Crippen molar-refractivity contribution >= 4 is 17.3 Å². The second-order valence-electron chi connectivity index (χ2n) is 4.89. The number of carbonyl (C=O) groups is 1. The summed E-state index contributed by atoms with van der Waals surface area (Å²) in [5.41, 5.74) is 12.6. The maximum Gasteiger partial charge on any atom is 0.251 e. The van der Waals surface area contributed by atoms with Crippen LogP contribution < -0.4 is 16.8 Å². The molecule has 0 aliphatic carbocycles. The first-order valence-corrected chi connectivity index (χ1v) is 7.75. The summed E-state index contributed by atoms with van der Waals surface area (Å²) in [6, 6.07) is 4.78. The molecule has 0 saturated carbocycles. The number of terminal acetylenes is 1. The van der Waals surface area contributed by atoms with Gasteiger partial charge >= 0.3 is 0 Å². The fourth-order valence-electron chi connectivity index (χ4n) is 1.73. The van der Waals surface area contributed by atoms with Crippen LogP contribution in [0.25, 0.3) is 0 Å². The maximum atomic E-state index is 11.9. The molecule has 0 unspecified atom stereocenters. The molecule has 0 fully saturated rings. The molecule has 24 heavy (non-hydrogen) atoms. The molecule has 0 radical (unpaired) electrons. The van der Waals surface area contributed by atoms with Crippen molar-refractivity contribution in [2.45, 2.75) is 6.42 Å². The van der Waals surface area contributed by atoms with E-state index in [2.05, 4.69) is 11.2 Å². The van der Waals surface area contributed by atoms with E-state index >= 15 is 0 Å². The van der Waals surface area contributed by atoms with Gasteiger partial charge in [-0.1, -0.05) is 0 Å². The van der Waals surface area contributed by atoms with Gasteiger partial charge in [0.2, 0.25) is 0 Å². The predicted octanol–water partition coefficient (Wildman–Crippen LogP) is 0.654. The summed E-state index contributed by atoms with van der Waals surface area (Å²) >= 11 is 0. The fraction of sp³-hybridized carbons (Fsp3) is 0.471. The Balaban J connectivity index is 1.97. The minimum absolute atomic E-state index is 0.217. The lowest BCUT2D eigenvalue weighted by Crippen LogP contribution is -2.27. The molecule has 0 aromatic heterocycles. The average Bonchev–Trinajstić information content (AvgIpc) is 2.58. The Hall–Kier alpha value is -2.27. The highest BCUT2D eigenvalue weighted by molar-refractivity contribution is 5.95. The zero-order valence-electron chi connectivity index (χ0n) is 13.8. The normalized spacial score (nSPS) is 10.3. The zero-order chi connectivity index (χ0) is 17.6. The van der Waals surface area contributed by atoms with Gasteiger partial charge < -0.3 is 31.0 Å². The van der Waals surface area contributed by atoms with Crippen molar-refractivity contribution in [3.8, 4) is 12.3 Å². The van der Waals surface area contributed by atoms with Crippen LogP contribution in [0.2, 0.25) is 0 Å². The van der Waals surface area contributed by atoms with Gasteiger partial charge in [0.1, 0.15) is 0 Å². The van der Waals surface area contributed by atoms with Crippen LogP contribution in [-0.4, -0.2) is 52.1 Å². The molecule has 0 heterocycles. The van der Waals surface area contributed by atoms with E-state index in [0.717, 1.165) is 0 Å². The van der Waals surface area contributed by atoms with Crippen molar-refractivity contribution in [1.82, 2.24) is 5.32 Å². The van der Waals surface area contributed by atoms with Crippen LogP contribution in [0.4, 0.5) is 11.4 Å². The van der Waals surface area contributed by atoms with Crippen LogP contribution in [0.15, 0.2) is 18.2 Å². The van der Waals surface area contributed by atoms with Crippen molar-refractivity contribution < 1.29 is 19.0 Å². The number of anilines is 2. The van der Waals surface area contributed by atoms with Crippen LogP contribution in [0.1, 0.15) is 16.8 Å². The van der Waals surface area contributed by atoms with Crippen LogP contribution in [0, 0.1) is 12.3 Å². The van der Waals surface area contributed by atoms with Gasteiger partial charge in [0.15, 0.2) is 0 Å². The molecule has 1 rings (SSSR count). The Kier molecular flexibility index (Phi) is 10.0. The van der Waals surface area contributed by atoms with Crippen LogP contribution >= 0.6 is 0 Å². The number of carbonyl (C=O) groups excluding carboxylic acids is 1. The lowest BCUT2D eigenvalue weighted by Gasteiger charge is -2.08. The number of hydrogen-bond acceptors (Lipinski definition) is 6. The first-order valence-electron chi connectivity index (χ1n) is 7.75. The number of benzene rings is 1. The highest BCUT2D eigenvalue weighted by atomic mass is 16.5. The van der Waals surface area contributed by atoms with E-state index in [-0.39, 0.29) is 5.91 Å². The van der Waals surface area contributed by atoms with E-state index in [1.54, 1.807) is 18.2 Å². The first-order chi connectivity index (χ1) is 11.6. The molecular weight excluding hydrogens is 310 g/mol. The first kappa shape index (κ1) is 19.8. The summed E-state index contributed by atoms with van der Waals surface area (Å²) in [5, 5.41) is 2.74. The second kappa shape index (κ2) is 12.2. The third kappa shape index (κ3) is 8.39. The van der Waals surface area contributed by atoms with E-state index in [1.807, 2.05) is 0 Å². The van der Waals surface area contributed by atoms with Gasteiger partial charge in [0, 0.05) is 18.5 Å². The average molecular weight is 335 g/mol. The lowest BCUT2D eigenvalue weighted by atomic mass is 10.1. The van der Waals surface area contributed by atoms with Crippen LogP contribution in [0.5, 0.6) is 0 Å². The van der Waals surface area contributed by atoms with Gasteiger partial charge in [-0.3, -0.25) is 4.79 Å². The Morgan fingerprint density at radius 2 is 1.62 bits per heavy atom. The van der Waals surface area contributed by atoms with Crippen molar-refractivity contribution in [2.24, 2.45) is 0 Å². The highest BCUT2D eigenvalue weighted by Crippen LogP contribution is 2.15. The summed E-state index contributed by atoms with van der Waals surface area (Å²) < 4.78 is 15.9. The van der Waals surface area contributed by atoms with E-state index in [4.69, 9.17) is 32.1 Å². The molecular formula is C17H25N3O4. The maximum absolute atomic E-state index is 11.9. The van der Waals surface area contributed by atoms with Gasteiger partial charge in [-0.25, -0.2) is 0 Å². The molecule has 0 aliphatic rings. The molecule has 0 atom stereocenters. The van der Waals surface area contributed by atoms with Gasteiger partial charge in [-0.15, -0.1) is 12.3 Å². The summed E-state index contributed by atoms with van der Waals surface area (Å²) in [6.45, 7) is 3.30. The Morgan fingerprint density at radius 1 is 1.00 bits per heavy atom. The van der Waals surface area contributed by atoms with E-state index in [1.165, 1.54) is 0 Å². The summed E-state index contributed by atoms with van der Waals surface area (Å²) in [6.07, 6.45) is 5.71. The smallest absolute Gasteiger partial charge is 0.251 e. The van der Waals surface area contributed by atoms with Crippen molar-refractivity contribution in [3.05, 3.63) is 23.8 Å². The number of nitrogens with one attached hydrogen (secondary N) is 1. The quantitative estimate of drug-likeness (QED) is 0.294. The minimum Gasteiger partial charge on any atom is -0.397 e. The summed E-state index contributed by atoms with van der Waals surface area (Å²) in [4.78, 5) is 11.9. The van der Waals surface area contributed by atoms with Crippen molar-refractivity contribution in [2.75, 3.05) is 57.7 Å². The zero-order valence-corrected chi connectivity index (χ0v) is 13.8. The fourth-order valence-corrected chi connectivity index (χ4v) is 1.73. The molecule has 1 amide bonds. The Bertz CT molecular complexity index is 543. The largest absolute Gasteiger partial charge is 0.397 e. The number of rotatable bonds is 12.